The number of halogens is 3. The van der Waals surface area contributed by atoms with Crippen LogP contribution in [0.3, 0.4) is 0 Å². The summed E-state index contributed by atoms with van der Waals surface area (Å²) in [6.45, 7) is 1.95. The summed E-state index contributed by atoms with van der Waals surface area (Å²) in [5, 5.41) is 3.09. The Morgan fingerprint density at radius 1 is 1.19 bits per heavy atom. The van der Waals surface area contributed by atoms with Gasteiger partial charge in [-0.1, -0.05) is 37.5 Å². The van der Waals surface area contributed by atoms with Crippen molar-refractivity contribution in [2.45, 2.75) is 63.6 Å². The molecule has 0 saturated heterocycles. The van der Waals surface area contributed by atoms with Crippen LogP contribution in [0.5, 0.6) is 0 Å². The molecular weight excluding hydrogens is 403 g/mol. The number of pyridine rings is 1. The van der Waals surface area contributed by atoms with E-state index >= 15 is 0 Å². The minimum absolute atomic E-state index is 0.0689. The first-order valence-electron chi connectivity index (χ1n) is 10.7. The van der Waals surface area contributed by atoms with E-state index in [2.05, 4.69) is 10.3 Å². The molecule has 0 aliphatic heterocycles. The lowest BCUT2D eigenvalue weighted by Gasteiger charge is -2.24. The minimum Gasteiger partial charge on any atom is -0.353 e. The lowest BCUT2D eigenvalue weighted by Crippen LogP contribution is -2.37. The van der Waals surface area contributed by atoms with Gasteiger partial charge in [-0.25, -0.2) is 4.98 Å². The zero-order valence-corrected chi connectivity index (χ0v) is 17.5. The third-order valence-corrected chi connectivity index (χ3v) is 6.03. The summed E-state index contributed by atoms with van der Waals surface area (Å²) in [5.74, 6) is -0.681. The van der Waals surface area contributed by atoms with Crippen LogP contribution in [0.1, 0.15) is 66.8 Å². The van der Waals surface area contributed by atoms with Crippen LogP contribution in [0, 0.1) is 6.92 Å². The topological polar surface area (TPSA) is 46.4 Å². The summed E-state index contributed by atoms with van der Waals surface area (Å²) >= 11 is 0. The molecule has 0 spiro atoms. The van der Waals surface area contributed by atoms with Crippen molar-refractivity contribution in [1.82, 2.24) is 14.7 Å². The molecule has 7 heteroatoms. The Labute approximate surface area is 179 Å². The molecule has 3 aromatic rings. The summed E-state index contributed by atoms with van der Waals surface area (Å²) in [6.07, 6.45) is 4.41. The third kappa shape index (κ3) is 4.92. The molecule has 4 rings (SSSR count). The van der Waals surface area contributed by atoms with Crippen LogP contribution >= 0.6 is 0 Å². The van der Waals surface area contributed by atoms with Gasteiger partial charge in [0.25, 0.3) is 0 Å². The van der Waals surface area contributed by atoms with Crippen LogP contribution < -0.4 is 5.32 Å². The number of amides is 1. The highest BCUT2D eigenvalue weighted by atomic mass is 19.4. The van der Waals surface area contributed by atoms with Gasteiger partial charge >= 0.3 is 6.18 Å². The van der Waals surface area contributed by atoms with Crippen molar-refractivity contribution in [2.75, 3.05) is 0 Å². The molecule has 1 fully saturated rings. The van der Waals surface area contributed by atoms with Crippen LogP contribution in [-0.2, 0) is 11.0 Å². The Bertz CT molecular complexity index is 1070. The monoisotopic (exact) mass is 429 g/mol. The molecule has 1 amide bonds. The van der Waals surface area contributed by atoms with E-state index in [4.69, 9.17) is 0 Å². The second kappa shape index (κ2) is 8.73. The van der Waals surface area contributed by atoms with E-state index in [1.54, 1.807) is 12.3 Å². The highest BCUT2D eigenvalue weighted by molar-refractivity contribution is 5.78. The molecule has 0 bridgehead atoms. The standard InChI is InChI=1S/C24H26F3N3O/c1-16-10-11-30-21(15-28-22(30)12-16)20(14-23(31)29-19-8-3-2-4-9-19)17-6-5-7-18(13-17)24(25,26)27/h5-7,10-13,15,19-20H,2-4,8-9,14H2,1H3,(H,29,31). The third-order valence-electron chi connectivity index (χ3n) is 6.03. The molecule has 1 unspecified atom stereocenters. The van der Waals surface area contributed by atoms with Crippen molar-refractivity contribution >= 4 is 11.6 Å². The van der Waals surface area contributed by atoms with Crippen LogP contribution in [0.25, 0.3) is 5.65 Å². The van der Waals surface area contributed by atoms with E-state index in [1.807, 2.05) is 29.7 Å². The summed E-state index contributed by atoms with van der Waals surface area (Å²) < 4.78 is 41.9. The quantitative estimate of drug-likeness (QED) is 0.571. The van der Waals surface area contributed by atoms with Gasteiger partial charge in [-0.05, 0) is 49.1 Å². The molecule has 4 nitrogen and oxygen atoms in total. The lowest BCUT2D eigenvalue weighted by molar-refractivity contribution is -0.137. The van der Waals surface area contributed by atoms with Gasteiger partial charge in [0, 0.05) is 30.8 Å². The number of hydrogen-bond acceptors (Lipinski definition) is 2. The summed E-state index contributed by atoms with van der Waals surface area (Å²) in [5.41, 5.74) is 2.19. The molecule has 1 aliphatic rings. The molecule has 0 radical (unpaired) electrons. The van der Waals surface area contributed by atoms with E-state index in [0.29, 0.717) is 16.9 Å². The number of rotatable bonds is 5. The second-order valence-corrected chi connectivity index (χ2v) is 8.40. The summed E-state index contributed by atoms with van der Waals surface area (Å²) in [6, 6.07) is 9.23. The normalized spacial score (nSPS) is 16.4. The molecule has 1 aliphatic carbocycles. The summed E-state index contributed by atoms with van der Waals surface area (Å²) in [7, 11) is 0. The van der Waals surface area contributed by atoms with E-state index in [-0.39, 0.29) is 18.4 Å². The van der Waals surface area contributed by atoms with Gasteiger partial charge in [0.1, 0.15) is 5.65 Å². The molecule has 31 heavy (non-hydrogen) atoms. The number of nitrogens with one attached hydrogen (secondary N) is 1. The van der Waals surface area contributed by atoms with Gasteiger partial charge in [-0.15, -0.1) is 0 Å². The molecule has 1 N–H and O–H groups in total. The van der Waals surface area contributed by atoms with Gasteiger partial charge in [0.05, 0.1) is 11.3 Å². The molecule has 164 valence electrons. The van der Waals surface area contributed by atoms with Gasteiger partial charge in [-0.2, -0.15) is 13.2 Å². The molecule has 1 saturated carbocycles. The van der Waals surface area contributed by atoms with Crippen LogP contribution in [-0.4, -0.2) is 21.3 Å². The van der Waals surface area contributed by atoms with Crippen LogP contribution in [0.15, 0.2) is 48.8 Å². The first-order chi connectivity index (χ1) is 14.8. The Balaban J connectivity index is 1.69. The Morgan fingerprint density at radius 2 is 1.97 bits per heavy atom. The van der Waals surface area contributed by atoms with Crippen LogP contribution in [0.2, 0.25) is 0 Å². The SMILES string of the molecule is Cc1ccn2c(C(CC(=O)NC3CCCCC3)c3cccc(C(F)(F)F)c3)cnc2c1. The largest absolute Gasteiger partial charge is 0.416 e. The number of aryl methyl sites for hydroxylation is 1. The zero-order valence-electron chi connectivity index (χ0n) is 17.5. The van der Waals surface area contributed by atoms with Gasteiger partial charge in [0.2, 0.25) is 5.91 Å². The first kappa shape index (κ1) is 21.4. The maximum absolute atomic E-state index is 13.3. The van der Waals surface area contributed by atoms with E-state index in [1.165, 1.54) is 12.5 Å². The molecule has 2 aromatic heterocycles. The van der Waals surface area contributed by atoms with E-state index in [0.717, 1.165) is 43.4 Å². The maximum Gasteiger partial charge on any atom is 0.416 e. The van der Waals surface area contributed by atoms with Crippen molar-refractivity contribution in [3.63, 3.8) is 0 Å². The fraction of sp³-hybridized carbons (Fsp3) is 0.417. The highest BCUT2D eigenvalue weighted by Gasteiger charge is 2.32. The number of hydrogen-bond donors (Lipinski definition) is 1. The molecule has 1 atom stereocenters. The number of imidazole rings is 1. The molecular formula is C24H26F3N3O. The van der Waals surface area contributed by atoms with Gasteiger partial charge < -0.3 is 9.72 Å². The van der Waals surface area contributed by atoms with Crippen LogP contribution in [0.4, 0.5) is 13.2 Å². The fourth-order valence-electron chi connectivity index (χ4n) is 4.40. The van der Waals surface area contributed by atoms with Gasteiger partial charge in [0.15, 0.2) is 0 Å². The van der Waals surface area contributed by atoms with Crippen molar-refractivity contribution < 1.29 is 18.0 Å². The predicted octanol–water partition coefficient (Wildman–Crippen LogP) is 5.63. The lowest BCUT2D eigenvalue weighted by atomic mass is 9.90. The average Bonchev–Trinajstić information content (AvgIpc) is 3.15. The number of carbonyl (C=O) groups excluding carboxylic acids is 1. The Morgan fingerprint density at radius 3 is 2.71 bits per heavy atom. The molecule has 2 heterocycles. The number of alkyl halides is 3. The molecule has 1 aromatic carbocycles. The Hall–Kier alpha value is -2.83. The highest BCUT2D eigenvalue weighted by Crippen LogP contribution is 2.34. The average molecular weight is 429 g/mol. The zero-order chi connectivity index (χ0) is 22.0. The predicted molar refractivity (Wildman–Crippen MR) is 113 cm³/mol. The van der Waals surface area contributed by atoms with Gasteiger partial charge in [-0.3, -0.25) is 4.79 Å². The Kier molecular flexibility index (Phi) is 6.03. The minimum atomic E-state index is -4.44. The first-order valence-corrected chi connectivity index (χ1v) is 10.7. The van der Waals surface area contributed by atoms with Crippen molar-refractivity contribution in [1.29, 1.82) is 0 Å². The number of benzene rings is 1. The van der Waals surface area contributed by atoms with Crippen molar-refractivity contribution in [3.05, 3.63) is 71.2 Å². The maximum atomic E-state index is 13.3. The number of fused-ring (bicyclic) bond motifs is 1. The van der Waals surface area contributed by atoms with E-state index in [9.17, 15) is 18.0 Å². The van der Waals surface area contributed by atoms with E-state index < -0.39 is 17.7 Å². The number of aromatic nitrogens is 2. The summed E-state index contributed by atoms with van der Waals surface area (Å²) in [4.78, 5) is 17.3. The number of carbonyl (C=O) groups is 1. The second-order valence-electron chi connectivity index (χ2n) is 8.40. The van der Waals surface area contributed by atoms with Crippen molar-refractivity contribution in [3.8, 4) is 0 Å². The van der Waals surface area contributed by atoms with Crippen molar-refractivity contribution in [2.24, 2.45) is 0 Å². The number of nitrogens with zero attached hydrogens (tertiary/aromatic N) is 2. The smallest absolute Gasteiger partial charge is 0.353 e. The fourth-order valence-corrected chi connectivity index (χ4v) is 4.40.